The van der Waals surface area contributed by atoms with Crippen LogP contribution in [-0.4, -0.2) is 27.5 Å². The molecule has 19 heavy (non-hydrogen) atoms. The Morgan fingerprint density at radius 3 is 2.11 bits per heavy atom. The fourth-order valence-electron chi connectivity index (χ4n) is 1.05. The molecule has 0 fully saturated rings. The molecule has 1 aromatic rings. The van der Waals surface area contributed by atoms with Gasteiger partial charge in [0.1, 0.15) is 0 Å². The van der Waals surface area contributed by atoms with Crippen LogP contribution in [0.25, 0.3) is 0 Å². The molecule has 0 spiro atoms. The number of aromatic nitrogens is 1. The highest BCUT2D eigenvalue weighted by Crippen LogP contribution is 2.37. The van der Waals surface area contributed by atoms with Gasteiger partial charge in [0.2, 0.25) is 0 Å². The molecule has 0 aliphatic rings. The quantitative estimate of drug-likeness (QED) is 0.818. The molecular weight excluding hydrogens is 288 g/mol. The number of pyridine rings is 1. The Morgan fingerprint density at radius 2 is 1.74 bits per heavy atom. The summed E-state index contributed by atoms with van der Waals surface area (Å²) < 4.78 is 75.8. The molecule has 11 heteroatoms. The zero-order valence-electron chi connectivity index (χ0n) is 8.50. The summed E-state index contributed by atoms with van der Waals surface area (Å²) in [7, 11) is 0. The van der Waals surface area contributed by atoms with E-state index in [0.717, 1.165) is 0 Å². The summed E-state index contributed by atoms with van der Waals surface area (Å²) in [6.07, 6.45) is -10.7. The van der Waals surface area contributed by atoms with Crippen LogP contribution in [0, 0.1) is 0 Å². The maximum absolute atomic E-state index is 12.4. The fourth-order valence-corrected chi connectivity index (χ4v) is 1.05. The first kappa shape index (κ1) is 14.9. The molecule has 2 N–H and O–H groups in total. The first-order chi connectivity index (χ1) is 8.42. The highest BCUT2D eigenvalue weighted by molar-refractivity contribution is 5.89. The second-order valence-electron chi connectivity index (χ2n) is 3.06. The molecule has 0 radical (unpaired) electrons. The Morgan fingerprint density at radius 1 is 1.21 bits per heavy atom. The number of halogens is 6. The number of nitrogens with zero attached hydrogens (tertiary/aromatic N) is 1. The highest BCUT2D eigenvalue weighted by atomic mass is 19.4. The molecule has 0 aliphatic heterocycles. The van der Waals surface area contributed by atoms with E-state index in [0.29, 0.717) is 0 Å². The molecule has 106 valence electrons. The summed E-state index contributed by atoms with van der Waals surface area (Å²) in [5.41, 5.74) is -3.61. The van der Waals surface area contributed by atoms with Crippen LogP contribution in [0.4, 0.5) is 26.3 Å². The average Bonchev–Trinajstić information content (AvgIpc) is 2.16. The Bertz CT molecular complexity index is 509. The molecule has 0 saturated carbocycles. The summed E-state index contributed by atoms with van der Waals surface area (Å²) in [4.78, 5) is 12.9. The third-order valence-corrected chi connectivity index (χ3v) is 1.68. The first-order valence-electron chi connectivity index (χ1n) is 4.22. The first-order valence-corrected chi connectivity index (χ1v) is 4.22. The van der Waals surface area contributed by atoms with Crippen LogP contribution in [-0.2, 0) is 6.18 Å². The Balaban J connectivity index is 3.43. The fraction of sp³-hybridized carbons (Fsp3) is 0.250. The van der Waals surface area contributed by atoms with Crippen LogP contribution in [0.1, 0.15) is 16.1 Å². The van der Waals surface area contributed by atoms with Gasteiger partial charge in [-0.3, -0.25) is 0 Å². The van der Waals surface area contributed by atoms with E-state index in [1.165, 1.54) is 0 Å². The van der Waals surface area contributed by atoms with E-state index in [9.17, 15) is 31.1 Å². The van der Waals surface area contributed by atoms with E-state index >= 15 is 0 Å². The molecule has 1 rings (SSSR count). The van der Waals surface area contributed by atoms with Gasteiger partial charge in [-0.15, -0.1) is 13.2 Å². The number of hydrogen-bond acceptors (Lipinski definition) is 4. The summed E-state index contributed by atoms with van der Waals surface area (Å²) in [5.74, 6) is -5.39. The smallest absolute Gasteiger partial charge is 0.503 e. The lowest BCUT2D eigenvalue weighted by molar-refractivity contribution is -0.277. The molecule has 1 aromatic heterocycles. The maximum Gasteiger partial charge on any atom is 0.574 e. The number of ether oxygens (including phenoxy) is 1. The van der Waals surface area contributed by atoms with E-state index < -0.39 is 41.4 Å². The van der Waals surface area contributed by atoms with Crippen molar-refractivity contribution in [1.29, 1.82) is 0 Å². The molecule has 0 saturated heterocycles. The van der Waals surface area contributed by atoms with Crippen LogP contribution in [0.2, 0.25) is 0 Å². The second-order valence-corrected chi connectivity index (χ2v) is 3.06. The number of carboxylic acid groups (broad SMARTS) is 1. The monoisotopic (exact) mass is 291 g/mol. The van der Waals surface area contributed by atoms with Crippen molar-refractivity contribution in [3.8, 4) is 11.6 Å². The van der Waals surface area contributed by atoms with Crippen molar-refractivity contribution < 1.29 is 46.1 Å². The van der Waals surface area contributed by atoms with Gasteiger partial charge in [0.25, 0.3) is 5.88 Å². The van der Waals surface area contributed by atoms with Gasteiger partial charge < -0.3 is 14.9 Å². The van der Waals surface area contributed by atoms with Crippen molar-refractivity contribution in [3.05, 3.63) is 17.3 Å². The number of hydrogen-bond donors (Lipinski definition) is 2. The number of rotatable bonds is 2. The largest absolute Gasteiger partial charge is 0.574 e. The second kappa shape index (κ2) is 4.48. The molecular formula is C8H3F6NO4. The zero-order valence-corrected chi connectivity index (χ0v) is 8.50. The predicted molar refractivity (Wildman–Crippen MR) is 44.5 cm³/mol. The van der Waals surface area contributed by atoms with Crippen LogP contribution in [0.5, 0.6) is 11.6 Å². The van der Waals surface area contributed by atoms with Gasteiger partial charge in [0.15, 0.2) is 11.4 Å². The minimum atomic E-state index is -5.39. The van der Waals surface area contributed by atoms with Gasteiger partial charge in [-0.2, -0.15) is 13.2 Å². The van der Waals surface area contributed by atoms with Gasteiger partial charge in [0.05, 0.1) is 5.56 Å². The van der Waals surface area contributed by atoms with E-state index in [1.54, 1.807) is 0 Å². The topological polar surface area (TPSA) is 79.7 Å². The summed E-state index contributed by atoms with van der Waals surface area (Å²) in [5, 5.41) is 17.4. The summed E-state index contributed by atoms with van der Waals surface area (Å²) >= 11 is 0. The third-order valence-electron chi connectivity index (χ3n) is 1.68. The van der Waals surface area contributed by atoms with Crippen LogP contribution < -0.4 is 4.74 Å². The van der Waals surface area contributed by atoms with E-state index in [2.05, 4.69) is 9.72 Å². The van der Waals surface area contributed by atoms with Crippen molar-refractivity contribution >= 4 is 5.97 Å². The van der Waals surface area contributed by atoms with E-state index in [1.807, 2.05) is 0 Å². The van der Waals surface area contributed by atoms with Crippen molar-refractivity contribution in [2.45, 2.75) is 12.5 Å². The molecule has 0 unspecified atom stereocenters. The Labute approximate surface area is 99.6 Å². The maximum atomic E-state index is 12.4. The van der Waals surface area contributed by atoms with Crippen LogP contribution >= 0.6 is 0 Å². The third kappa shape index (κ3) is 3.63. The number of alkyl halides is 6. The highest BCUT2D eigenvalue weighted by Gasteiger charge is 2.41. The molecule has 0 bridgehead atoms. The molecule has 5 nitrogen and oxygen atoms in total. The van der Waals surface area contributed by atoms with Crippen molar-refractivity contribution in [2.75, 3.05) is 0 Å². The summed E-state index contributed by atoms with van der Waals surface area (Å²) in [6, 6.07) is -0.0285. The Kier molecular flexibility index (Phi) is 3.50. The number of aromatic carboxylic acids is 1. The van der Waals surface area contributed by atoms with Crippen molar-refractivity contribution in [2.24, 2.45) is 0 Å². The van der Waals surface area contributed by atoms with Crippen LogP contribution in [0.15, 0.2) is 6.07 Å². The lowest BCUT2D eigenvalue weighted by atomic mass is 10.2. The average molecular weight is 291 g/mol. The van der Waals surface area contributed by atoms with Gasteiger partial charge in [-0.05, 0) is 0 Å². The lowest BCUT2D eigenvalue weighted by Gasteiger charge is -2.14. The van der Waals surface area contributed by atoms with Crippen molar-refractivity contribution in [1.82, 2.24) is 4.98 Å². The standard InChI is InChI=1S/C8H3F6NO4/c9-7(10,11)4-2(6(17)18)1-3(16)5(15-4)19-8(12,13)14/h1,16H,(H,17,18). The minimum absolute atomic E-state index is 0.0285. The number of aromatic hydroxyl groups is 1. The molecule has 0 amide bonds. The number of carboxylic acids is 1. The summed E-state index contributed by atoms with van der Waals surface area (Å²) in [6.45, 7) is 0. The molecule has 0 aliphatic carbocycles. The normalized spacial score (nSPS) is 12.3. The number of carbonyl (C=O) groups is 1. The molecule has 0 atom stereocenters. The Hall–Kier alpha value is -2.20. The lowest BCUT2D eigenvalue weighted by Crippen LogP contribution is -2.21. The van der Waals surface area contributed by atoms with Crippen LogP contribution in [0.3, 0.4) is 0 Å². The van der Waals surface area contributed by atoms with Gasteiger partial charge in [-0.1, -0.05) is 0 Å². The van der Waals surface area contributed by atoms with E-state index in [-0.39, 0.29) is 6.07 Å². The SMILES string of the molecule is O=C(O)c1cc(O)c(OC(F)(F)F)nc1C(F)(F)F. The van der Waals surface area contributed by atoms with Gasteiger partial charge >= 0.3 is 18.5 Å². The minimum Gasteiger partial charge on any atom is -0.503 e. The predicted octanol–water partition coefficient (Wildman–Crippen LogP) is 2.40. The zero-order chi connectivity index (χ0) is 15.0. The van der Waals surface area contributed by atoms with Gasteiger partial charge in [0, 0.05) is 6.07 Å². The molecule has 0 aromatic carbocycles. The van der Waals surface area contributed by atoms with Crippen molar-refractivity contribution in [3.63, 3.8) is 0 Å². The van der Waals surface area contributed by atoms with Gasteiger partial charge in [-0.25, -0.2) is 9.78 Å². The van der Waals surface area contributed by atoms with E-state index in [4.69, 9.17) is 10.2 Å². The molecule has 1 heterocycles.